The number of carbonyl (C=O) groups is 2. The highest BCUT2D eigenvalue weighted by Crippen LogP contribution is 2.16. The maximum atomic E-state index is 11.8. The molecule has 1 N–H and O–H groups in total. The van der Waals surface area contributed by atoms with Crippen LogP contribution in [0.15, 0.2) is 59.5 Å². The van der Waals surface area contributed by atoms with E-state index in [2.05, 4.69) is 17.4 Å². The molecule has 0 unspecified atom stereocenters. The summed E-state index contributed by atoms with van der Waals surface area (Å²) in [5, 5.41) is 2.85. The molecule has 0 aliphatic heterocycles. The van der Waals surface area contributed by atoms with Crippen molar-refractivity contribution in [3.05, 3.63) is 60.2 Å². The summed E-state index contributed by atoms with van der Waals surface area (Å²) in [6.07, 6.45) is 1.28. The molecule has 2 aromatic carbocycles. The number of hydrogen-bond acceptors (Lipinski definition) is 4. The number of rotatable bonds is 10. The normalized spacial score (nSPS) is 10.3. The summed E-state index contributed by atoms with van der Waals surface area (Å²) in [6.45, 7) is 2.20. The third kappa shape index (κ3) is 7.90. The Balaban J connectivity index is 1.61. The summed E-state index contributed by atoms with van der Waals surface area (Å²) < 4.78 is 5.48. The Bertz CT molecular complexity index is 671. The number of Topliss-reactive ketones (excluding diaryl/α,β-unsaturated/α-hetero) is 1. The standard InChI is InChI=1S/C20H23NO3S/c1-16(22)7-8-17-9-11-18(12-10-17)24-15-20(23)21-13-14-25-19-5-3-2-4-6-19/h2-6,9-12H,7-8,13-15H2,1H3,(H,21,23). The van der Waals surface area contributed by atoms with Crippen molar-refractivity contribution in [1.29, 1.82) is 0 Å². The monoisotopic (exact) mass is 357 g/mol. The average Bonchev–Trinajstić information content (AvgIpc) is 2.63. The second-order valence-electron chi connectivity index (χ2n) is 5.65. The van der Waals surface area contributed by atoms with Gasteiger partial charge in [0.1, 0.15) is 11.5 Å². The van der Waals surface area contributed by atoms with Crippen molar-refractivity contribution in [1.82, 2.24) is 5.32 Å². The van der Waals surface area contributed by atoms with Crippen LogP contribution in [0.25, 0.3) is 0 Å². The molecule has 0 aliphatic carbocycles. The first-order chi connectivity index (χ1) is 12.1. The summed E-state index contributed by atoms with van der Waals surface area (Å²) in [5.41, 5.74) is 1.09. The quantitative estimate of drug-likeness (QED) is 0.522. The number of amides is 1. The van der Waals surface area contributed by atoms with Crippen LogP contribution in [0.2, 0.25) is 0 Å². The van der Waals surface area contributed by atoms with E-state index < -0.39 is 0 Å². The van der Waals surface area contributed by atoms with Gasteiger partial charge in [-0.15, -0.1) is 11.8 Å². The molecule has 0 saturated carbocycles. The fourth-order valence-corrected chi connectivity index (χ4v) is 2.94. The number of hydrogen-bond donors (Lipinski definition) is 1. The van der Waals surface area contributed by atoms with Crippen molar-refractivity contribution in [3.63, 3.8) is 0 Å². The van der Waals surface area contributed by atoms with Gasteiger partial charge in [0.2, 0.25) is 0 Å². The number of ketones is 1. The number of aryl methyl sites for hydroxylation is 1. The molecule has 0 saturated heterocycles. The summed E-state index contributed by atoms with van der Waals surface area (Å²) in [6, 6.07) is 17.6. The van der Waals surface area contributed by atoms with Crippen LogP contribution >= 0.6 is 11.8 Å². The van der Waals surface area contributed by atoms with Crippen LogP contribution in [-0.4, -0.2) is 30.6 Å². The van der Waals surface area contributed by atoms with E-state index in [0.29, 0.717) is 18.7 Å². The van der Waals surface area contributed by atoms with Crippen molar-refractivity contribution < 1.29 is 14.3 Å². The number of nitrogens with one attached hydrogen (secondary N) is 1. The molecular weight excluding hydrogens is 334 g/mol. The number of ether oxygens (including phenoxy) is 1. The average molecular weight is 357 g/mol. The molecule has 2 aromatic rings. The fraction of sp³-hybridized carbons (Fsp3) is 0.300. The summed E-state index contributed by atoms with van der Waals surface area (Å²) in [4.78, 5) is 24.0. The third-order valence-electron chi connectivity index (χ3n) is 3.50. The van der Waals surface area contributed by atoms with Gasteiger partial charge in [-0.05, 0) is 43.2 Å². The van der Waals surface area contributed by atoms with Gasteiger partial charge < -0.3 is 14.8 Å². The van der Waals surface area contributed by atoms with E-state index in [0.717, 1.165) is 17.7 Å². The first-order valence-corrected chi connectivity index (χ1v) is 9.28. The lowest BCUT2D eigenvalue weighted by molar-refractivity contribution is -0.123. The molecule has 0 aliphatic rings. The van der Waals surface area contributed by atoms with Crippen molar-refractivity contribution in [2.75, 3.05) is 18.9 Å². The van der Waals surface area contributed by atoms with E-state index in [1.54, 1.807) is 18.7 Å². The molecule has 0 bridgehead atoms. The van der Waals surface area contributed by atoms with Crippen LogP contribution in [0.5, 0.6) is 5.75 Å². The van der Waals surface area contributed by atoms with Gasteiger partial charge in [-0.3, -0.25) is 4.79 Å². The fourth-order valence-electron chi connectivity index (χ4n) is 2.15. The Morgan fingerprint density at radius 1 is 1.04 bits per heavy atom. The molecule has 0 fully saturated rings. The second-order valence-corrected chi connectivity index (χ2v) is 6.81. The van der Waals surface area contributed by atoms with E-state index in [-0.39, 0.29) is 18.3 Å². The van der Waals surface area contributed by atoms with Gasteiger partial charge in [-0.25, -0.2) is 0 Å². The van der Waals surface area contributed by atoms with Gasteiger partial charge in [0.15, 0.2) is 6.61 Å². The van der Waals surface area contributed by atoms with Gasteiger partial charge in [-0.1, -0.05) is 30.3 Å². The smallest absolute Gasteiger partial charge is 0.257 e. The third-order valence-corrected chi connectivity index (χ3v) is 4.51. The van der Waals surface area contributed by atoms with Crippen molar-refractivity contribution in [3.8, 4) is 5.75 Å². The zero-order valence-corrected chi connectivity index (χ0v) is 15.2. The largest absolute Gasteiger partial charge is 0.484 e. The molecule has 0 heterocycles. The van der Waals surface area contributed by atoms with Crippen LogP contribution in [0.3, 0.4) is 0 Å². The van der Waals surface area contributed by atoms with Crippen molar-refractivity contribution >= 4 is 23.5 Å². The van der Waals surface area contributed by atoms with Gasteiger partial charge >= 0.3 is 0 Å². The van der Waals surface area contributed by atoms with Crippen LogP contribution in [-0.2, 0) is 16.0 Å². The second kappa shape index (κ2) is 10.6. The van der Waals surface area contributed by atoms with Crippen molar-refractivity contribution in [2.24, 2.45) is 0 Å². The van der Waals surface area contributed by atoms with E-state index in [4.69, 9.17) is 4.74 Å². The van der Waals surface area contributed by atoms with Gasteiger partial charge in [0.05, 0.1) is 0 Å². The lowest BCUT2D eigenvalue weighted by Gasteiger charge is -2.08. The zero-order chi connectivity index (χ0) is 17.9. The van der Waals surface area contributed by atoms with Crippen molar-refractivity contribution in [2.45, 2.75) is 24.7 Å². The van der Waals surface area contributed by atoms with Crippen LogP contribution in [0.1, 0.15) is 18.9 Å². The number of benzene rings is 2. The molecule has 5 heteroatoms. The number of carbonyl (C=O) groups excluding carboxylic acids is 2. The Labute approximate surface area is 153 Å². The maximum absolute atomic E-state index is 11.8. The Morgan fingerprint density at radius 3 is 2.44 bits per heavy atom. The van der Waals surface area contributed by atoms with E-state index >= 15 is 0 Å². The molecule has 0 atom stereocenters. The van der Waals surface area contributed by atoms with Gasteiger partial charge in [0.25, 0.3) is 5.91 Å². The van der Waals surface area contributed by atoms with Crippen LogP contribution < -0.4 is 10.1 Å². The summed E-state index contributed by atoms with van der Waals surface area (Å²) in [5.74, 6) is 1.53. The van der Waals surface area contributed by atoms with Crippen LogP contribution in [0.4, 0.5) is 0 Å². The predicted molar refractivity (Wildman–Crippen MR) is 101 cm³/mol. The molecule has 4 nitrogen and oxygen atoms in total. The van der Waals surface area contributed by atoms with E-state index in [1.165, 1.54) is 4.90 Å². The minimum atomic E-state index is -0.130. The minimum Gasteiger partial charge on any atom is -0.484 e. The molecule has 0 aromatic heterocycles. The molecule has 0 radical (unpaired) electrons. The van der Waals surface area contributed by atoms with E-state index in [1.807, 2.05) is 42.5 Å². The Hall–Kier alpha value is -2.27. The van der Waals surface area contributed by atoms with E-state index in [9.17, 15) is 9.59 Å². The molecular formula is C20H23NO3S. The molecule has 132 valence electrons. The summed E-state index contributed by atoms with van der Waals surface area (Å²) in [7, 11) is 0. The first kappa shape index (κ1) is 19.1. The maximum Gasteiger partial charge on any atom is 0.257 e. The van der Waals surface area contributed by atoms with Gasteiger partial charge in [0, 0.05) is 23.6 Å². The summed E-state index contributed by atoms with van der Waals surface area (Å²) >= 11 is 1.71. The number of thioether (sulfide) groups is 1. The lowest BCUT2D eigenvalue weighted by atomic mass is 10.1. The highest BCUT2D eigenvalue weighted by atomic mass is 32.2. The van der Waals surface area contributed by atoms with Gasteiger partial charge in [-0.2, -0.15) is 0 Å². The Morgan fingerprint density at radius 2 is 1.76 bits per heavy atom. The molecule has 0 spiro atoms. The lowest BCUT2D eigenvalue weighted by Crippen LogP contribution is -2.30. The Kier molecular flexibility index (Phi) is 8.05. The molecule has 25 heavy (non-hydrogen) atoms. The minimum absolute atomic E-state index is 0.00277. The molecule has 1 amide bonds. The highest BCUT2D eigenvalue weighted by molar-refractivity contribution is 7.99. The van der Waals surface area contributed by atoms with Crippen LogP contribution in [0, 0.1) is 0 Å². The first-order valence-electron chi connectivity index (χ1n) is 8.29. The zero-order valence-electron chi connectivity index (χ0n) is 14.4. The predicted octanol–water partition coefficient (Wildman–Crippen LogP) is 3.50. The highest BCUT2D eigenvalue weighted by Gasteiger charge is 2.03. The SMILES string of the molecule is CC(=O)CCc1ccc(OCC(=O)NCCSc2ccccc2)cc1. The molecule has 2 rings (SSSR count). The topological polar surface area (TPSA) is 55.4 Å².